The fraction of sp³-hybridized carbons (Fsp3) is 0.0476. The monoisotopic (exact) mass is 432 g/mol. The van der Waals surface area contributed by atoms with Gasteiger partial charge in [0, 0.05) is 5.56 Å². The van der Waals surface area contributed by atoms with Gasteiger partial charge in [-0.3, -0.25) is 4.79 Å². The van der Waals surface area contributed by atoms with Crippen LogP contribution < -0.4 is 5.32 Å². The normalized spacial score (nSPS) is 17.0. The van der Waals surface area contributed by atoms with E-state index in [1.165, 1.54) is 36.4 Å². The number of nitrogens with one attached hydrogen (secondary N) is 1. The average Bonchev–Trinajstić information content (AvgIpc) is 3.30. The molecule has 0 spiro atoms. The number of carbonyl (C=O) groups is 1. The van der Waals surface area contributed by atoms with Crippen LogP contribution in [0.25, 0.3) is 17.4 Å². The van der Waals surface area contributed by atoms with Crippen LogP contribution in [0.4, 0.5) is 28.0 Å². The zero-order valence-corrected chi connectivity index (χ0v) is 15.9. The van der Waals surface area contributed by atoms with Gasteiger partial charge < -0.3 is 9.73 Å². The van der Waals surface area contributed by atoms with Crippen molar-refractivity contribution < 1.29 is 26.8 Å². The molecule has 1 amide bonds. The van der Waals surface area contributed by atoms with E-state index < -0.39 is 17.6 Å². The number of nitrogens with zero attached hydrogens (tertiary/aromatic N) is 1. The van der Waals surface area contributed by atoms with E-state index in [1.54, 1.807) is 18.2 Å². The lowest BCUT2D eigenvalue weighted by Gasteiger charge is -2.07. The number of amides is 1. The highest BCUT2D eigenvalue weighted by Crippen LogP contribution is 2.34. The van der Waals surface area contributed by atoms with Gasteiger partial charge >= 0.3 is 6.18 Å². The Hall–Kier alpha value is -3.33. The van der Waals surface area contributed by atoms with Crippen molar-refractivity contribution in [1.82, 2.24) is 5.32 Å². The molecule has 1 aromatic heterocycles. The molecule has 1 aliphatic rings. The quantitative estimate of drug-likeness (QED) is 0.473. The molecule has 1 saturated heterocycles. The Bertz CT molecular complexity index is 1160. The molecule has 0 saturated carbocycles. The van der Waals surface area contributed by atoms with Crippen LogP contribution in [0.15, 0.2) is 75.0 Å². The van der Waals surface area contributed by atoms with Gasteiger partial charge in [-0.1, -0.05) is 12.1 Å². The van der Waals surface area contributed by atoms with Gasteiger partial charge in [0.2, 0.25) is 0 Å². The van der Waals surface area contributed by atoms with E-state index in [-0.39, 0.29) is 22.4 Å². The third kappa shape index (κ3) is 4.46. The summed E-state index contributed by atoms with van der Waals surface area (Å²) in [5.74, 6) is 0.464. The second-order valence-electron chi connectivity index (χ2n) is 6.24. The van der Waals surface area contributed by atoms with E-state index in [1.807, 2.05) is 0 Å². The molecule has 30 heavy (non-hydrogen) atoms. The van der Waals surface area contributed by atoms with E-state index in [2.05, 4.69) is 10.3 Å². The molecule has 0 atom stereocenters. The Morgan fingerprint density at radius 3 is 2.53 bits per heavy atom. The fourth-order valence-electron chi connectivity index (χ4n) is 2.72. The SMILES string of the molecule is O=C1NC(=Nc2ccc(F)cc2)C(=Cc2ccc(-c3cccc(C(F)(F)F)c3)o2)S1. The summed E-state index contributed by atoms with van der Waals surface area (Å²) < 4.78 is 57.5. The van der Waals surface area contributed by atoms with Crippen molar-refractivity contribution in [2.45, 2.75) is 6.18 Å². The zero-order chi connectivity index (χ0) is 21.3. The van der Waals surface area contributed by atoms with Crippen molar-refractivity contribution in [2.24, 2.45) is 4.99 Å². The summed E-state index contributed by atoms with van der Waals surface area (Å²) in [4.78, 5) is 16.5. The average molecular weight is 432 g/mol. The molecule has 1 N–H and O–H groups in total. The summed E-state index contributed by atoms with van der Waals surface area (Å²) in [6.45, 7) is 0. The molecule has 2 aromatic carbocycles. The first-order valence-electron chi connectivity index (χ1n) is 8.60. The van der Waals surface area contributed by atoms with Crippen LogP contribution in [-0.4, -0.2) is 11.1 Å². The molecule has 0 bridgehead atoms. The van der Waals surface area contributed by atoms with Gasteiger partial charge in [0.1, 0.15) is 23.2 Å². The van der Waals surface area contributed by atoms with Crippen molar-refractivity contribution in [3.05, 3.63) is 82.7 Å². The van der Waals surface area contributed by atoms with Crippen molar-refractivity contribution in [3.8, 4) is 11.3 Å². The molecule has 0 unspecified atom stereocenters. The number of hydrogen-bond acceptors (Lipinski definition) is 4. The third-order valence-electron chi connectivity index (χ3n) is 4.10. The number of furan rings is 1. The molecular weight excluding hydrogens is 420 g/mol. The standard InChI is InChI=1S/C21H12F4N2O2S/c22-14-4-6-15(7-5-14)26-19-18(30-20(28)27-19)11-16-8-9-17(29-16)12-2-1-3-13(10-12)21(23,24)25/h1-11H,(H,26,27,28). The fourth-order valence-corrected chi connectivity index (χ4v) is 3.44. The first-order chi connectivity index (χ1) is 14.3. The van der Waals surface area contributed by atoms with Crippen LogP contribution in [0, 0.1) is 5.82 Å². The van der Waals surface area contributed by atoms with Crippen LogP contribution in [0.2, 0.25) is 0 Å². The zero-order valence-electron chi connectivity index (χ0n) is 15.0. The predicted octanol–water partition coefficient (Wildman–Crippen LogP) is 6.63. The van der Waals surface area contributed by atoms with Crippen LogP contribution in [-0.2, 0) is 6.18 Å². The van der Waals surface area contributed by atoms with Gasteiger partial charge in [-0.25, -0.2) is 9.38 Å². The minimum Gasteiger partial charge on any atom is -0.457 e. The highest BCUT2D eigenvalue weighted by atomic mass is 32.2. The molecule has 4 rings (SSSR count). The maximum atomic E-state index is 13.1. The number of aliphatic imine (C=N–C) groups is 1. The summed E-state index contributed by atoms with van der Waals surface area (Å²) in [5, 5.41) is 2.25. The summed E-state index contributed by atoms with van der Waals surface area (Å²) >= 11 is 0.899. The highest BCUT2D eigenvalue weighted by Gasteiger charge is 2.30. The van der Waals surface area contributed by atoms with Crippen LogP contribution in [0.3, 0.4) is 0 Å². The van der Waals surface area contributed by atoms with Crippen LogP contribution in [0.1, 0.15) is 11.3 Å². The Morgan fingerprint density at radius 2 is 1.80 bits per heavy atom. The Morgan fingerprint density at radius 1 is 1.03 bits per heavy atom. The lowest BCUT2D eigenvalue weighted by molar-refractivity contribution is -0.137. The van der Waals surface area contributed by atoms with E-state index >= 15 is 0 Å². The maximum absolute atomic E-state index is 13.1. The second-order valence-corrected chi connectivity index (χ2v) is 7.26. The topological polar surface area (TPSA) is 54.6 Å². The first kappa shape index (κ1) is 20.0. The lowest BCUT2D eigenvalue weighted by atomic mass is 10.1. The molecule has 3 aromatic rings. The highest BCUT2D eigenvalue weighted by molar-refractivity contribution is 8.18. The summed E-state index contributed by atoms with van der Waals surface area (Å²) in [6.07, 6.45) is -2.90. The minimum atomic E-state index is -4.45. The van der Waals surface area contributed by atoms with Gasteiger partial charge in [0.05, 0.1) is 16.2 Å². The maximum Gasteiger partial charge on any atom is 0.416 e. The second kappa shape index (κ2) is 7.83. The number of thioether (sulfide) groups is 1. The molecular formula is C21H12F4N2O2S. The Labute approximate surface area is 172 Å². The molecule has 0 aliphatic carbocycles. The summed E-state index contributed by atoms with van der Waals surface area (Å²) in [7, 11) is 0. The summed E-state index contributed by atoms with van der Waals surface area (Å²) in [6, 6.07) is 13.4. The van der Waals surface area contributed by atoms with Crippen molar-refractivity contribution in [3.63, 3.8) is 0 Å². The summed E-state index contributed by atoms with van der Waals surface area (Å²) in [5.41, 5.74) is -0.0432. The smallest absolute Gasteiger partial charge is 0.416 e. The molecule has 1 fully saturated rings. The Kier molecular flexibility index (Phi) is 5.21. The number of rotatable bonds is 3. The predicted molar refractivity (Wildman–Crippen MR) is 107 cm³/mol. The van der Waals surface area contributed by atoms with Crippen molar-refractivity contribution >= 4 is 34.6 Å². The van der Waals surface area contributed by atoms with Gasteiger partial charge in [-0.15, -0.1) is 0 Å². The van der Waals surface area contributed by atoms with Gasteiger partial charge in [-0.2, -0.15) is 13.2 Å². The van der Waals surface area contributed by atoms with E-state index in [0.717, 1.165) is 23.9 Å². The lowest BCUT2D eigenvalue weighted by Crippen LogP contribution is -2.18. The van der Waals surface area contributed by atoms with E-state index in [0.29, 0.717) is 16.4 Å². The number of hydrogen-bond donors (Lipinski definition) is 1. The number of alkyl halides is 3. The molecule has 4 nitrogen and oxygen atoms in total. The Balaban J connectivity index is 1.63. The molecule has 152 valence electrons. The van der Waals surface area contributed by atoms with E-state index in [9.17, 15) is 22.4 Å². The first-order valence-corrected chi connectivity index (χ1v) is 9.42. The van der Waals surface area contributed by atoms with Crippen LogP contribution >= 0.6 is 11.8 Å². The van der Waals surface area contributed by atoms with Crippen LogP contribution in [0.5, 0.6) is 0 Å². The van der Waals surface area contributed by atoms with Gasteiger partial charge in [0.15, 0.2) is 0 Å². The number of carbonyl (C=O) groups excluding carboxylic acids is 1. The third-order valence-corrected chi connectivity index (χ3v) is 4.92. The number of benzene rings is 2. The number of amidine groups is 1. The molecule has 0 radical (unpaired) electrons. The number of halogens is 4. The minimum absolute atomic E-state index is 0.257. The molecule has 1 aliphatic heterocycles. The van der Waals surface area contributed by atoms with Crippen molar-refractivity contribution in [2.75, 3.05) is 0 Å². The van der Waals surface area contributed by atoms with Gasteiger partial charge in [-0.05, 0) is 66.4 Å². The van der Waals surface area contributed by atoms with Crippen molar-refractivity contribution in [1.29, 1.82) is 0 Å². The molecule has 2 heterocycles. The van der Waals surface area contributed by atoms with E-state index in [4.69, 9.17) is 4.42 Å². The molecule has 9 heteroatoms. The largest absolute Gasteiger partial charge is 0.457 e. The van der Waals surface area contributed by atoms with Gasteiger partial charge in [0.25, 0.3) is 5.24 Å².